The van der Waals surface area contributed by atoms with Gasteiger partial charge in [-0.05, 0) is 18.4 Å². The molecule has 1 aliphatic rings. The molecule has 1 aliphatic heterocycles. The molecular weight excluding hydrogens is 200 g/mol. The zero-order valence-corrected chi connectivity index (χ0v) is 9.36. The van der Waals surface area contributed by atoms with Crippen LogP contribution in [0.1, 0.15) is 25.3 Å². The van der Waals surface area contributed by atoms with E-state index in [-0.39, 0.29) is 0 Å². The average molecular weight is 214 g/mol. The third kappa shape index (κ3) is 1.10. The third-order valence-electron chi connectivity index (χ3n) is 3.46. The van der Waals surface area contributed by atoms with Gasteiger partial charge in [-0.2, -0.15) is 0 Å². The molecule has 0 saturated carbocycles. The summed E-state index contributed by atoms with van der Waals surface area (Å²) in [5.74, 6) is 1.99. The fraction of sp³-hybridized carbons (Fsp3) is 0.333. The Morgan fingerprint density at radius 1 is 1.25 bits per heavy atom. The molecule has 0 unspecified atom stereocenters. The first-order chi connectivity index (χ1) is 7.68. The molecule has 0 fully saturated rings. The number of hydrogen-bond acceptors (Lipinski definition) is 4. The Labute approximate surface area is 93.9 Å². The van der Waals surface area contributed by atoms with E-state index in [1.165, 1.54) is 10.9 Å². The lowest BCUT2D eigenvalue weighted by atomic mass is 9.95. The summed E-state index contributed by atoms with van der Waals surface area (Å²) in [6, 6.07) is 2.44. The van der Waals surface area contributed by atoms with Gasteiger partial charge in [-0.3, -0.25) is 0 Å². The van der Waals surface area contributed by atoms with Crippen LogP contribution in [0.3, 0.4) is 0 Å². The molecule has 0 spiro atoms. The van der Waals surface area contributed by atoms with E-state index in [1.807, 2.05) is 6.07 Å². The highest BCUT2D eigenvalue weighted by molar-refractivity contribution is 5.95. The maximum atomic E-state index is 5.86. The van der Waals surface area contributed by atoms with Crippen molar-refractivity contribution in [3.05, 3.63) is 24.0 Å². The minimum absolute atomic E-state index is 0.419. The highest BCUT2D eigenvalue weighted by Gasteiger charge is 2.28. The molecular formula is C12H14N4. The Kier molecular flexibility index (Phi) is 1.80. The Balaban J connectivity index is 2.38. The fourth-order valence-corrected chi connectivity index (χ4v) is 2.35. The highest BCUT2D eigenvalue weighted by atomic mass is 15.0. The first kappa shape index (κ1) is 9.39. The quantitative estimate of drug-likeness (QED) is 0.705. The van der Waals surface area contributed by atoms with E-state index < -0.39 is 0 Å². The van der Waals surface area contributed by atoms with Crippen molar-refractivity contribution in [3.8, 4) is 0 Å². The maximum Gasteiger partial charge on any atom is 0.132 e. The predicted molar refractivity (Wildman–Crippen MR) is 65.5 cm³/mol. The average Bonchev–Trinajstić information content (AvgIpc) is 2.56. The smallest absolute Gasteiger partial charge is 0.132 e. The molecule has 16 heavy (non-hydrogen) atoms. The largest absolute Gasteiger partial charge is 0.383 e. The summed E-state index contributed by atoms with van der Waals surface area (Å²) in [4.78, 5) is 8.51. The van der Waals surface area contributed by atoms with Crippen molar-refractivity contribution in [2.75, 3.05) is 11.1 Å². The van der Waals surface area contributed by atoms with Crippen LogP contribution in [0.2, 0.25) is 0 Å². The van der Waals surface area contributed by atoms with Crippen LogP contribution in [0.15, 0.2) is 18.5 Å². The van der Waals surface area contributed by atoms with Gasteiger partial charge in [0.15, 0.2) is 0 Å². The molecule has 0 aliphatic carbocycles. The number of nitrogens with one attached hydrogen (secondary N) is 1. The van der Waals surface area contributed by atoms with E-state index >= 15 is 0 Å². The van der Waals surface area contributed by atoms with Crippen molar-refractivity contribution in [3.63, 3.8) is 0 Å². The lowest BCUT2D eigenvalue weighted by molar-refractivity contribution is 0.693. The monoisotopic (exact) mass is 214 g/mol. The number of anilines is 2. The van der Waals surface area contributed by atoms with Gasteiger partial charge in [-0.1, -0.05) is 6.92 Å². The van der Waals surface area contributed by atoms with Crippen LogP contribution in [-0.4, -0.2) is 16.0 Å². The van der Waals surface area contributed by atoms with Crippen LogP contribution in [0, 0.1) is 0 Å². The van der Waals surface area contributed by atoms with Crippen molar-refractivity contribution in [1.82, 2.24) is 9.97 Å². The number of aromatic nitrogens is 2. The maximum absolute atomic E-state index is 5.86. The molecule has 2 aromatic heterocycles. The van der Waals surface area contributed by atoms with Gasteiger partial charge in [0.2, 0.25) is 0 Å². The van der Waals surface area contributed by atoms with E-state index in [0.717, 1.165) is 11.2 Å². The summed E-state index contributed by atoms with van der Waals surface area (Å²) >= 11 is 0. The SMILES string of the molecule is C[C@H]1Nc2ncc3c(N)nccc3c2[C@@H]1C. The van der Waals surface area contributed by atoms with Crippen LogP contribution in [0.4, 0.5) is 11.6 Å². The molecule has 82 valence electrons. The molecule has 3 N–H and O–H groups in total. The summed E-state index contributed by atoms with van der Waals surface area (Å²) in [6.45, 7) is 4.38. The van der Waals surface area contributed by atoms with Gasteiger partial charge in [-0.15, -0.1) is 0 Å². The molecule has 3 heterocycles. The first-order valence-electron chi connectivity index (χ1n) is 5.48. The van der Waals surface area contributed by atoms with Crippen molar-refractivity contribution < 1.29 is 0 Å². The van der Waals surface area contributed by atoms with Gasteiger partial charge < -0.3 is 11.1 Å². The topological polar surface area (TPSA) is 63.8 Å². The highest BCUT2D eigenvalue weighted by Crippen LogP contribution is 2.39. The number of rotatable bonds is 0. The molecule has 0 saturated heterocycles. The summed E-state index contributed by atoms with van der Waals surface area (Å²) in [7, 11) is 0. The van der Waals surface area contributed by atoms with Gasteiger partial charge in [0.25, 0.3) is 0 Å². The van der Waals surface area contributed by atoms with Gasteiger partial charge in [0.05, 0.1) is 0 Å². The summed E-state index contributed by atoms with van der Waals surface area (Å²) in [5, 5.41) is 5.50. The Morgan fingerprint density at radius 3 is 2.88 bits per heavy atom. The van der Waals surface area contributed by atoms with Crippen molar-refractivity contribution >= 4 is 22.4 Å². The second-order valence-corrected chi connectivity index (χ2v) is 4.40. The zero-order chi connectivity index (χ0) is 11.3. The van der Waals surface area contributed by atoms with Crippen LogP contribution in [-0.2, 0) is 0 Å². The van der Waals surface area contributed by atoms with E-state index in [1.54, 1.807) is 12.4 Å². The van der Waals surface area contributed by atoms with Crippen LogP contribution >= 0.6 is 0 Å². The number of pyridine rings is 2. The van der Waals surface area contributed by atoms with Gasteiger partial charge in [-0.25, -0.2) is 9.97 Å². The van der Waals surface area contributed by atoms with Crippen LogP contribution in [0.5, 0.6) is 0 Å². The molecule has 0 radical (unpaired) electrons. The molecule has 0 aromatic carbocycles. The predicted octanol–water partition coefficient (Wildman–Crippen LogP) is 2.13. The number of hydrogen-bond donors (Lipinski definition) is 2. The number of nitrogen functional groups attached to an aromatic ring is 1. The van der Waals surface area contributed by atoms with Gasteiger partial charge in [0, 0.05) is 35.3 Å². The van der Waals surface area contributed by atoms with Gasteiger partial charge in [0.1, 0.15) is 11.6 Å². The minimum atomic E-state index is 0.419. The normalized spacial score (nSPS) is 23.1. The van der Waals surface area contributed by atoms with Gasteiger partial charge >= 0.3 is 0 Å². The third-order valence-corrected chi connectivity index (χ3v) is 3.46. The van der Waals surface area contributed by atoms with Crippen molar-refractivity contribution in [2.24, 2.45) is 0 Å². The zero-order valence-electron chi connectivity index (χ0n) is 9.36. The Morgan fingerprint density at radius 2 is 2.06 bits per heavy atom. The van der Waals surface area contributed by atoms with E-state index in [2.05, 4.69) is 29.1 Å². The number of nitrogens with two attached hydrogens (primary N) is 1. The van der Waals surface area contributed by atoms with Crippen molar-refractivity contribution in [2.45, 2.75) is 25.8 Å². The summed E-state index contributed by atoms with van der Waals surface area (Å²) < 4.78 is 0. The summed E-state index contributed by atoms with van der Waals surface area (Å²) in [6.07, 6.45) is 3.56. The standard InChI is InChI=1S/C12H14N4/c1-6-7(2)16-12-10(6)8-3-4-14-11(13)9(8)5-15-12/h3-7H,1-2H3,(H2,13,14)(H,15,16)/t6-,7-/m1/s1. The molecule has 4 nitrogen and oxygen atoms in total. The molecule has 0 bridgehead atoms. The Hall–Kier alpha value is -1.84. The van der Waals surface area contributed by atoms with Crippen LogP contribution < -0.4 is 11.1 Å². The number of nitrogens with zero attached hydrogens (tertiary/aromatic N) is 2. The summed E-state index contributed by atoms with van der Waals surface area (Å²) in [5.41, 5.74) is 7.12. The number of fused-ring (bicyclic) bond motifs is 3. The van der Waals surface area contributed by atoms with Crippen molar-refractivity contribution in [1.29, 1.82) is 0 Å². The molecule has 4 heteroatoms. The van der Waals surface area contributed by atoms with E-state index in [9.17, 15) is 0 Å². The minimum Gasteiger partial charge on any atom is -0.383 e. The fourth-order valence-electron chi connectivity index (χ4n) is 2.35. The van der Waals surface area contributed by atoms with E-state index in [0.29, 0.717) is 17.8 Å². The molecule has 0 amide bonds. The lowest BCUT2D eigenvalue weighted by Gasteiger charge is -2.10. The second-order valence-electron chi connectivity index (χ2n) is 4.40. The van der Waals surface area contributed by atoms with E-state index in [4.69, 9.17) is 5.73 Å². The lowest BCUT2D eigenvalue weighted by Crippen LogP contribution is -2.13. The molecule has 3 rings (SSSR count). The second kappa shape index (κ2) is 3.07. The molecule has 2 atom stereocenters. The first-order valence-corrected chi connectivity index (χ1v) is 5.48. The molecule has 2 aromatic rings. The van der Waals surface area contributed by atoms with Crippen LogP contribution in [0.25, 0.3) is 10.8 Å². The Bertz CT molecular complexity index is 564.